The van der Waals surface area contributed by atoms with E-state index in [1.807, 2.05) is 31.7 Å². The standard InChI is InChI=1S/C13H19FN2O/c1-8-4-13(11(14)5-12(8)15)16-6-9(2)17-10(3)7-16/h4-5,9-10H,6-7,15H2,1-3H3. The molecule has 1 fully saturated rings. The van der Waals surface area contributed by atoms with E-state index in [2.05, 4.69) is 0 Å². The Bertz CT molecular complexity index is 412. The van der Waals surface area contributed by atoms with Crippen LogP contribution >= 0.6 is 0 Å². The van der Waals surface area contributed by atoms with Gasteiger partial charge in [0.15, 0.2) is 0 Å². The quantitative estimate of drug-likeness (QED) is 0.763. The number of benzene rings is 1. The van der Waals surface area contributed by atoms with Gasteiger partial charge in [0.1, 0.15) is 5.82 Å². The van der Waals surface area contributed by atoms with E-state index in [-0.39, 0.29) is 18.0 Å². The zero-order chi connectivity index (χ0) is 12.6. The van der Waals surface area contributed by atoms with Crippen molar-refractivity contribution in [2.24, 2.45) is 0 Å². The summed E-state index contributed by atoms with van der Waals surface area (Å²) < 4.78 is 19.5. The Kier molecular flexibility index (Phi) is 3.24. The van der Waals surface area contributed by atoms with E-state index in [1.165, 1.54) is 6.07 Å². The van der Waals surface area contributed by atoms with Gasteiger partial charge in [-0.2, -0.15) is 0 Å². The number of ether oxygens (including phenoxy) is 1. The second-order valence-corrected chi connectivity index (χ2v) is 4.82. The van der Waals surface area contributed by atoms with Crippen molar-refractivity contribution in [1.82, 2.24) is 0 Å². The number of anilines is 2. The molecule has 2 atom stereocenters. The van der Waals surface area contributed by atoms with E-state index < -0.39 is 0 Å². The Morgan fingerprint density at radius 1 is 1.29 bits per heavy atom. The molecule has 1 aliphatic rings. The molecule has 3 nitrogen and oxygen atoms in total. The van der Waals surface area contributed by atoms with Crippen LogP contribution < -0.4 is 10.6 Å². The Morgan fingerprint density at radius 2 is 1.88 bits per heavy atom. The smallest absolute Gasteiger partial charge is 0.148 e. The summed E-state index contributed by atoms with van der Waals surface area (Å²) in [5.41, 5.74) is 7.73. The van der Waals surface area contributed by atoms with E-state index in [1.54, 1.807) is 0 Å². The maximum Gasteiger partial charge on any atom is 0.148 e. The van der Waals surface area contributed by atoms with Crippen LogP contribution in [-0.2, 0) is 4.74 Å². The molecule has 94 valence electrons. The maximum absolute atomic E-state index is 13.9. The zero-order valence-corrected chi connectivity index (χ0v) is 10.5. The molecule has 2 rings (SSSR count). The number of nitrogen functional groups attached to an aromatic ring is 1. The topological polar surface area (TPSA) is 38.5 Å². The average Bonchev–Trinajstić information content (AvgIpc) is 2.22. The second-order valence-electron chi connectivity index (χ2n) is 4.82. The molecule has 1 aliphatic heterocycles. The summed E-state index contributed by atoms with van der Waals surface area (Å²) in [6, 6.07) is 3.21. The minimum Gasteiger partial charge on any atom is -0.398 e. The molecule has 4 heteroatoms. The summed E-state index contributed by atoms with van der Waals surface area (Å²) in [6.45, 7) is 7.33. The van der Waals surface area contributed by atoms with Crippen molar-refractivity contribution in [2.45, 2.75) is 33.0 Å². The molecule has 0 bridgehead atoms. The van der Waals surface area contributed by atoms with Crippen LogP contribution in [0.3, 0.4) is 0 Å². The molecule has 1 aromatic carbocycles. The number of rotatable bonds is 1. The third-order valence-electron chi connectivity index (χ3n) is 3.10. The van der Waals surface area contributed by atoms with Crippen LogP contribution in [0.4, 0.5) is 15.8 Å². The number of halogens is 1. The number of nitrogens with zero attached hydrogens (tertiary/aromatic N) is 1. The molecule has 0 spiro atoms. The van der Waals surface area contributed by atoms with Gasteiger partial charge < -0.3 is 15.4 Å². The van der Waals surface area contributed by atoms with Crippen molar-refractivity contribution < 1.29 is 9.13 Å². The minimum atomic E-state index is -0.255. The summed E-state index contributed by atoms with van der Waals surface area (Å²) in [5, 5.41) is 0. The molecule has 0 radical (unpaired) electrons. The average molecular weight is 238 g/mol. The molecule has 0 aliphatic carbocycles. The van der Waals surface area contributed by atoms with Gasteiger partial charge in [0.25, 0.3) is 0 Å². The van der Waals surface area contributed by atoms with E-state index in [0.29, 0.717) is 24.5 Å². The molecule has 1 aromatic rings. The number of aryl methyl sites for hydroxylation is 1. The van der Waals surface area contributed by atoms with Gasteiger partial charge in [-0.1, -0.05) is 0 Å². The van der Waals surface area contributed by atoms with Gasteiger partial charge >= 0.3 is 0 Å². The van der Waals surface area contributed by atoms with Gasteiger partial charge in [0, 0.05) is 18.8 Å². The first-order valence-corrected chi connectivity index (χ1v) is 5.93. The largest absolute Gasteiger partial charge is 0.398 e. The fourth-order valence-corrected chi connectivity index (χ4v) is 2.30. The van der Waals surface area contributed by atoms with E-state index in [0.717, 1.165) is 5.56 Å². The summed E-state index contributed by atoms with van der Waals surface area (Å²) in [5.74, 6) is -0.255. The normalized spacial score (nSPS) is 25.1. The van der Waals surface area contributed by atoms with Gasteiger partial charge in [0.2, 0.25) is 0 Å². The van der Waals surface area contributed by atoms with E-state index in [4.69, 9.17) is 10.5 Å². The lowest BCUT2D eigenvalue weighted by atomic mass is 10.1. The van der Waals surface area contributed by atoms with Crippen LogP contribution in [0.5, 0.6) is 0 Å². The van der Waals surface area contributed by atoms with Crippen LogP contribution in [0.1, 0.15) is 19.4 Å². The Morgan fingerprint density at radius 3 is 2.47 bits per heavy atom. The molecule has 0 amide bonds. The molecule has 0 aromatic heterocycles. The van der Waals surface area contributed by atoms with E-state index >= 15 is 0 Å². The van der Waals surface area contributed by atoms with Crippen LogP contribution in [0.2, 0.25) is 0 Å². The summed E-state index contributed by atoms with van der Waals surface area (Å²) in [7, 11) is 0. The van der Waals surface area contributed by atoms with Crippen molar-refractivity contribution >= 4 is 11.4 Å². The molecule has 2 N–H and O–H groups in total. The fourth-order valence-electron chi connectivity index (χ4n) is 2.30. The molecule has 2 unspecified atom stereocenters. The van der Waals surface area contributed by atoms with Crippen LogP contribution in [-0.4, -0.2) is 25.3 Å². The lowest BCUT2D eigenvalue weighted by molar-refractivity contribution is -0.00539. The summed E-state index contributed by atoms with van der Waals surface area (Å²) >= 11 is 0. The Labute approximate surface area is 101 Å². The molecule has 17 heavy (non-hydrogen) atoms. The second kappa shape index (κ2) is 4.53. The van der Waals surface area contributed by atoms with Gasteiger partial charge in [-0.25, -0.2) is 4.39 Å². The number of hydrogen-bond donors (Lipinski definition) is 1. The van der Waals surface area contributed by atoms with Crippen molar-refractivity contribution in [3.8, 4) is 0 Å². The van der Waals surface area contributed by atoms with E-state index in [9.17, 15) is 4.39 Å². The maximum atomic E-state index is 13.9. The highest BCUT2D eigenvalue weighted by molar-refractivity contribution is 5.59. The third kappa shape index (κ3) is 2.52. The third-order valence-corrected chi connectivity index (χ3v) is 3.10. The first-order valence-electron chi connectivity index (χ1n) is 5.93. The van der Waals surface area contributed by atoms with Gasteiger partial charge in [0.05, 0.1) is 17.9 Å². The molecule has 0 saturated carbocycles. The van der Waals surface area contributed by atoms with Crippen LogP contribution in [0.25, 0.3) is 0 Å². The summed E-state index contributed by atoms with van der Waals surface area (Å²) in [4.78, 5) is 2.03. The predicted octanol–water partition coefficient (Wildman–Crippen LogP) is 2.33. The monoisotopic (exact) mass is 238 g/mol. The first kappa shape index (κ1) is 12.2. The Balaban J connectivity index is 2.30. The first-order chi connectivity index (χ1) is 7.97. The highest BCUT2D eigenvalue weighted by Crippen LogP contribution is 2.27. The zero-order valence-electron chi connectivity index (χ0n) is 10.5. The van der Waals surface area contributed by atoms with Crippen LogP contribution in [0.15, 0.2) is 12.1 Å². The fraction of sp³-hybridized carbons (Fsp3) is 0.538. The molecule has 1 saturated heterocycles. The highest BCUT2D eigenvalue weighted by atomic mass is 19.1. The molecule has 1 heterocycles. The molecular formula is C13H19FN2O. The van der Waals surface area contributed by atoms with Gasteiger partial charge in [-0.15, -0.1) is 0 Å². The van der Waals surface area contributed by atoms with Crippen molar-refractivity contribution in [3.63, 3.8) is 0 Å². The summed E-state index contributed by atoms with van der Waals surface area (Å²) in [6.07, 6.45) is 0.243. The van der Waals surface area contributed by atoms with Crippen molar-refractivity contribution in [3.05, 3.63) is 23.5 Å². The van der Waals surface area contributed by atoms with Gasteiger partial charge in [-0.3, -0.25) is 0 Å². The molecular weight excluding hydrogens is 219 g/mol. The van der Waals surface area contributed by atoms with Gasteiger partial charge in [-0.05, 0) is 38.5 Å². The Hall–Kier alpha value is -1.29. The predicted molar refractivity (Wildman–Crippen MR) is 67.8 cm³/mol. The number of nitrogens with two attached hydrogens (primary N) is 1. The van der Waals surface area contributed by atoms with Crippen molar-refractivity contribution in [1.29, 1.82) is 0 Å². The van der Waals surface area contributed by atoms with Crippen molar-refractivity contribution in [2.75, 3.05) is 23.7 Å². The number of morpholine rings is 1. The number of hydrogen-bond acceptors (Lipinski definition) is 3. The minimum absolute atomic E-state index is 0.121. The highest BCUT2D eigenvalue weighted by Gasteiger charge is 2.24. The lowest BCUT2D eigenvalue weighted by Gasteiger charge is -2.37. The van der Waals surface area contributed by atoms with Crippen LogP contribution in [0, 0.1) is 12.7 Å². The lowest BCUT2D eigenvalue weighted by Crippen LogP contribution is -2.45. The SMILES string of the molecule is Cc1cc(N2CC(C)OC(C)C2)c(F)cc1N.